The van der Waals surface area contributed by atoms with E-state index in [1.54, 1.807) is 6.20 Å². The highest BCUT2D eigenvalue weighted by atomic mass is 35.5. The van der Waals surface area contributed by atoms with E-state index in [9.17, 15) is 0 Å². The van der Waals surface area contributed by atoms with Crippen molar-refractivity contribution >= 4 is 34.4 Å². The van der Waals surface area contributed by atoms with Gasteiger partial charge in [-0.2, -0.15) is 0 Å². The number of pyridine rings is 1. The van der Waals surface area contributed by atoms with Gasteiger partial charge >= 0.3 is 0 Å². The fourth-order valence-corrected chi connectivity index (χ4v) is 3.54. The molecule has 2 atom stereocenters. The number of nitrogens with zero attached hydrogens (tertiary/aromatic N) is 3. The average Bonchev–Trinajstić information content (AvgIpc) is 3.07. The summed E-state index contributed by atoms with van der Waals surface area (Å²) >= 11 is 12.1. The molecule has 1 saturated heterocycles. The van der Waals surface area contributed by atoms with Crippen molar-refractivity contribution in [1.82, 2.24) is 14.5 Å². The standard InChI is InChI=1S/C14H15Cl2N3O/c15-6-12-18-10-5-9(16)7-17-14(10)19(12)11-3-4-20-13(11)8-1-2-8/h5,7-8,11,13H,1-4,6H2. The molecule has 20 heavy (non-hydrogen) atoms. The monoisotopic (exact) mass is 311 g/mol. The molecule has 4 nitrogen and oxygen atoms in total. The van der Waals surface area contributed by atoms with E-state index in [4.69, 9.17) is 27.9 Å². The smallest absolute Gasteiger partial charge is 0.160 e. The Morgan fingerprint density at radius 2 is 2.20 bits per heavy atom. The molecule has 1 saturated carbocycles. The number of rotatable bonds is 3. The first-order chi connectivity index (χ1) is 9.78. The number of halogens is 2. The molecule has 1 aliphatic heterocycles. The van der Waals surface area contributed by atoms with Crippen LogP contribution in [0.1, 0.15) is 31.1 Å². The van der Waals surface area contributed by atoms with Crippen LogP contribution in [0.2, 0.25) is 5.02 Å². The number of hydrogen-bond donors (Lipinski definition) is 0. The Balaban J connectivity index is 1.84. The van der Waals surface area contributed by atoms with Crippen LogP contribution in [0.25, 0.3) is 11.2 Å². The van der Waals surface area contributed by atoms with Crippen molar-refractivity contribution in [3.63, 3.8) is 0 Å². The Hall–Kier alpha value is -0.840. The summed E-state index contributed by atoms with van der Waals surface area (Å²) in [5.74, 6) is 1.93. The van der Waals surface area contributed by atoms with E-state index >= 15 is 0 Å². The molecule has 2 unspecified atom stereocenters. The Kier molecular flexibility index (Phi) is 3.13. The van der Waals surface area contributed by atoms with E-state index in [1.165, 1.54) is 12.8 Å². The van der Waals surface area contributed by atoms with E-state index in [0.29, 0.717) is 22.9 Å². The summed E-state index contributed by atoms with van der Waals surface area (Å²) in [5, 5.41) is 0.602. The normalized spacial score (nSPS) is 26.5. The van der Waals surface area contributed by atoms with Gasteiger partial charge in [0, 0.05) is 12.8 Å². The van der Waals surface area contributed by atoms with E-state index in [2.05, 4.69) is 14.5 Å². The zero-order chi connectivity index (χ0) is 13.7. The molecule has 2 fully saturated rings. The third kappa shape index (κ3) is 2.01. The van der Waals surface area contributed by atoms with Crippen LogP contribution in [-0.4, -0.2) is 27.2 Å². The number of hydrogen-bond acceptors (Lipinski definition) is 3. The molecule has 0 radical (unpaired) electrons. The number of aromatic nitrogens is 3. The van der Waals surface area contributed by atoms with Gasteiger partial charge in [0.15, 0.2) is 5.65 Å². The summed E-state index contributed by atoms with van der Waals surface area (Å²) in [6, 6.07) is 2.15. The molecule has 1 aliphatic carbocycles. The van der Waals surface area contributed by atoms with Crippen molar-refractivity contribution < 1.29 is 4.74 Å². The summed E-state index contributed by atoms with van der Waals surface area (Å²) in [4.78, 5) is 9.04. The van der Waals surface area contributed by atoms with Gasteiger partial charge in [-0.1, -0.05) is 11.6 Å². The molecule has 2 aliphatic rings. The molecule has 6 heteroatoms. The molecule has 0 amide bonds. The predicted molar refractivity (Wildman–Crippen MR) is 78.2 cm³/mol. The lowest BCUT2D eigenvalue weighted by atomic mass is 10.1. The second-order valence-corrected chi connectivity index (χ2v) is 6.26. The first-order valence-electron chi connectivity index (χ1n) is 6.98. The SMILES string of the molecule is ClCc1nc2cc(Cl)cnc2n1C1CCOC1C1CC1. The van der Waals surface area contributed by atoms with Crippen molar-refractivity contribution in [2.24, 2.45) is 5.92 Å². The highest BCUT2D eigenvalue weighted by molar-refractivity contribution is 6.31. The molecule has 106 valence electrons. The number of alkyl halides is 1. The van der Waals surface area contributed by atoms with Crippen LogP contribution < -0.4 is 0 Å². The molecule has 0 N–H and O–H groups in total. The van der Waals surface area contributed by atoms with Gasteiger partial charge in [0.05, 0.1) is 23.0 Å². The summed E-state index contributed by atoms with van der Waals surface area (Å²) in [5.41, 5.74) is 1.68. The van der Waals surface area contributed by atoms with E-state index < -0.39 is 0 Å². The third-order valence-electron chi connectivity index (χ3n) is 4.21. The van der Waals surface area contributed by atoms with Crippen LogP contribution in [0, 0.1) is 5.92 Å². The number of fused-ring (bicyclic) bond motifs is 1. The Morgan fingerprint density at radius 1 is 1.35 bits per heavy atom. The molecule has 4 rings (SSSR count). The minimum atomic E-state index is 0.284. The fraction of sp³-hybridized carbons (Fsp3) is 0.571. The van der Waals surface area contributed by atoms with Crippen molar-refractivity contribution in [3.05, 3.63) is 23.1 Å². The Bertz CT molecular complexity index is 653. The van der Waals surface area contributed by atoms with Crippen LogP contribution in [0.15, 0.2) is 12.3 Å². The van der Waals surface area contributed by atoms with Gasteiger partial charge in [-0.05, 0) is 31.2 Å². The summed E-state index contributed by atoms with van der Waals surface area (Å²) < 4.78 is 8.12. The maximum Gasteiger partial charge on any atom is 0.160 e. The number of imidazole rings is 1. The van der Waals surface area contributed by atoms with Gasteiger partial charge in [0.1, 0.15) is 11.3 Å². The zero-order valence-corrected chi connectivity index (χ0v) is 12.4. The molecular weight excluding hydrogens is 297 g/mol. The van der Waals surface area contributed by atoms with Crippen LogP contribution >= 0.6 is 23.2 Å². The van der Waals surface area contributed by atoms with Crippen molar-refractivity contribution in [2.45, 2.75) is 37.3 Å². The van der Waals surface area contributed by atoms with Gasteiger partial charge in [-0.3, -0.25) is 0 Å². The minimum Gasteiger partial charge on any atom is -0.376 e. The van der Waals surface area contributed by atoms with Gasteiger partial charge in [0.25, 0.3) is 0 Å². The maximum atomic E-state index is 6.08. The van der Waals surface area contributed by atoms with Gasteiger partial charge in [-0.25, -0.2) is 9.97 Å². The summed E-state index contributed by atoms with van der Waals surface area (Å²) in [6.07, 6.45) is 5.49. The first kappa shape index (κ1) is 12.9. The van der Waals surface area contributed by atoms with Crippen LogP contribution in [0.5, 0.6) is 0 Å². The quantitative estimate of drug-likeness (QED) is 0.814. The van der Waals surface area contributed by atoms with Gasteiger partial charge < -0.3 is 9.30 Å². The van der Waals surface area contributed by atoms with Crippen molar-refractivity contribution in [2.75, 3.05) is 6.61 Å². The molecule has 2 aromatic rings. The summed E-state index contributed by atoms with van der Waals surface area (Å²) in [6.45, 7) is 0.806. The van der Waals surface area contributed by atoms with Crippen LogP contribution in [0.4, 0.5) is 0 Å². The Labute approximate surface area is 127 Å². The van der Waals surface area contributed by atoms with Crippen molar-refractivity contribution in [1.29, 1.82) is 0 Å². The maximum absolute atomic E-state index is 6.08. The third-order valence-corrected chi connectivity index (χ3v) is 4.66. The zero-order valence-electron chi connectivity index (χ0n) is 10.9. The molecule has 0 spiro atoms. The summed E-state index contributed by atoms with van der Waals surface area (Å²) in [7, 11) is 0. The van der Waals surface area contributed by atoms with E-state index in [0.717, 1.165) is 30.0 Å². The first-order valence-corrected chi connectivity index (χ1v) is 7.89. The molecular formula is C14H15Cl2N3O. The molecule has 3 heterocycles. The predicted octanol–water partition coefficient (Wildman–Crippen LogP) is 3.56. The minimum absolute atomic E-state index is 0.284. The lowest BCUT2D eigenvalue weighted by Crippen LogP contribution is -2.23. The highest BCUT2D eigenvalue weighted by Crippen LogP contribution is 2.44. The van der Waals surface area contributed by atoms with Crippen LogP contribution in [-0.2, 0) is 10.6 Å². The lowest BCUT2D eigenvalue weighted by Gasteiger charge is -2.21. The molecule has 2 aromatic heterocycles. The largest absolute Gasteiger partial charge is 0.376 e. The second kappa shape index (κ2) is 4.86. The Morgan fingerprint density at radius 3 is 2.95 bits per heavy atom. The molecule has 0 bridgehead atoms. The lowest BCUT2D eigenvalue weighted by molar-refractivity contribution is 0.0753. The average molecular weight is 312 g/mol. The second-order valence-electron chi connectivity index (χ2n) is 5.56. The van der Waals surface area contributed by atoms with E-state index in [1.807, 2.05) is 6.07 Å². The van der Waals surface area contributed by atoms with Gasteiger partial charge in [-0.15, -0.1) is 11.6 Å². The topological polar surface area (TPSA) is 39.9 Å². The number of ether oxygens (including phenoxy) is 1. The highest BCUT2D eigenvalue weighted by Gasteiger charge is 2.42. The van der Waals surface area contributed by atoms with E-state index in [-0.39, 0.29) is 6.10 Å². The van der Waals surface area contributed by atoms with Crippen LogP contribution in [0.3, 0.4) is 0 Å². The molecule has 0 aromatic carbocycles. The van der Waals surface area contributed by atoms with Crippen molar-refractivity contribution in [3.8, 4) is 0 Å². The van der Waals surface area contributed by atoms with Gasteiger partial charge in [0.2, 0.25) is 0 Å². The fourth-order valence-electron chi connectivity index (χ4n) is 3.20.